The Morgan fingerprint density at radius 2 is 1.10 bits per heavy atom. The Kier molecular flexibility index (Phi) is 49.6. The number of anilines is 5. The predicted octanol–water partition coefficient (Wildman–Crippen LogP) is 12.9. The number of aliphatic hydroxyl groups is 2. The molecule has 7 heterocycles. The number of aliphatic hydroxyl groups excluding tert-OH is 2. The van der Waals surface area contributed by atoms with Crippen molar-refractivity contribution in [3.63, 3.8) is 0 Å². The molecular weight excluding hydrogens is 1230 g/mol. The summed E-state index contributed by atoms with van der Waals surface area (Å²) in [6.07, 6.45) is 11.1. The average Bonchev–Trinajstić information content (AvgIpc) is 3.92. The van der Waals surface area contributed by atoms with E-state index in [4.69, 9.17) is 51.1 Å². The van der Waals surface area contributed by atoms with E-state index in [9.17, 15) is 18.0 Å². The molecule has 6 aromatic heterocycles. The number of sulfonamides is 1. The number of ketones is 1. The Morgan fingerprint density at radius 1 is 0.634 bits per heavy atom. The van der Waals surface area contributed by atoms with Crippen LogP contribution in [-0.2, 0) is 24.3 Å². The maximum atomic E-state index is 10.6. The van der Waals surface area contributed by atoms with Gasteiger partial charge in [0.15, 0.2) is 29.4 Å². The van der Waals surface area contributed by atoms with Gasteiger partial charge in [0.1, 0.15) is 35.6 Å². The van der Waals surface area contributed by atoms with Gasteiger partial charge in [0.25, 0.3) is 0 Å². The lowest BCUT2D eigenvalue weighted by atomic mass is 10.1. The summed E-state index contributed by atoms with van der Waals surface area (Å²) in [6.45, 7) is 53.3. The highest BCUT2D eigenvalue weighted by Gasteiger charge is 2.18. The maximum absolute atomic E-state index is 10.6. The summed E-state index contributed by atoms with van der Waals surface area (Å²) in [6, 6.07) is 0. The normalized spacial score (nSPS) is 11.2. The van der Waals surface area contributed by atoms with E-state index in [1.165, 1.54) is 11.8 Å². The maximum Gasteiger partial charge on any atom is 0.334 e. The van der Waals surface area contributed by atoms with E-state index in [0.717, 1.165) is 45.4 Å². The average molecular weight is 1350 g/mol. The standard InChI is InChI=1S/C8H15N3O.C8H14N2O2.C7H12N2.C6H11N3.C6H10N2O.C6H10N2S.C6H13NO2S.C6H9NO2.C6H12.C5H10O2.CH4/c1-6(2)8-11-5-7(12-8)10-4-3-9;1-6(2)8-10-5-7(12-8)9-3-4-11;1-5(2)7-8-4-6(3)9-7;3*1-4(2)6-8-3-5(7)9-6;1-5(2)6(3)7-10(4,8)9;1-4(2)6-7-3-5(8)9-6;1-5(2)6(3)4;1-4(2)5(7)3-6;/h5-6,10H,3-4,9H2,1-2H3;5-6,9,11H,3-4H2,1-2H3;4-5H,1-3H3,(H,8,9);3-4H,7H2,1-2H3,(H,8,9);2*3-4H,7H2,1-2H3;5,7H,3H2,1-2,4H3;4H,3H2,1-2H3;6H,1H2,2-4H3;4,6H,3H2,1-2H3;1H4. The van der Waals surface area contributed by atoms with Crippen LogP contribution in [0.3, 0.4) is 0 Å². The molecule has 1 aliphatic rings. The van der Waals surface area contributed by atoms with Crippen LogP contribution in [0.2, 0.25) is 0 Å². The molecule has 0 saturated heterocycles. The minimum absolute atomic E-state index is 0. The van der Waals surface area contributed by atoms with E-state index >= 15 is 0 Å². The first kappa shape index (κ1) is 92.0. The van der Waals surface area contributed by atoms with Crippen LogP contribution in [-0.4, -0.2) is 122 Å². The zero-order valence-corrected chi connectivity index (χ0v) is 60.9. The van der Waals surface area contributed by atoms with E-state index in [0.29, 0.717) is 102 Å². The van der Waals surface area contributed by atoms with Gasteiger partial charge in [-0.1, -0.05) is 165 Å². The highest BCUT2D eigenvalue weighted by Crippen LogP contribution is 2.22. The highest BCUT2D eigenvalue weighted by molar-refractivity contribution is 7.88. The number of imidazole rings is 2. The van der Waals surface area contributed by atoms with Crippen LogP contribution in [0.1, 0.15) is 228 Å². The molecule has 0 amide bonds. The van der Waals surface area contributed by atoms with Gasteiger partial charge in [0.2, 0.25) is 27.7 Å². The van der Waals surface area contributed by atoms with Crippen molar-refractivity contribution in [2.45, 2.75) is 195 Å². The fraction of sp³-hybridized carbons (Fsp3) is 0.615. The summed E-state index contributed by atoms with van der Waals surface area (Å²) in [7, 11) is -3.12. The van der Waals surface area contributed by atoms with Gasteiger partial charge in [0, 0.05) is 84.6 Å². The number of nitrogens with one attached hydrogen (secondary N) is 5. The molecule has 7 rings (SSSR count). The minimum Gasteiger partial charge on any atom is -0.425 e. The van der Waals surface area contributed by atoms with Crippen LogP contribution >= 0.6 is 11.3 Å². The number of nitrogens with zero attached hydrogens (tertiary/aromatic N) is 7. The van der Waals surface area contributed by atoms with Crippen molar-refractivity contribution in [1.82, 2.24) is 44.6 Å². The third-order valence-corrected chi connectivity index (χ3v) is 13.0. The molecular formula is C65H120N16O10S2. The summed E-state index contributed by atoms with van der Waals surface area (Å²) in [4.78, 5) is 55.0. The summed E-state index contributed by atoms with van der Waals surface area (Å²) < 4.78 is 43.9. The molecule has 93 heavy (non-hydrogen) atoms. The van der Waals surface area contributed by atoms with Gasteiger partial charge >= 0.3 is 5.97 Å². The Bertz CT molecular complexity index is 2830. The molecule has 0 saturated carbocycles. The van der Waals surface area contributed by atoms with Crippen molar-refractivity contribution < 1.29 is 46.2 Å². The number of cyclic esters (lactones) is 1. The topological polar surface area (TPSA) is 419 Å². The summed E-state index contributed by atoms with van der Waals surface area (Å²) in [5.74, 6) is 10.2. The molecule has 0 aromatic carbocycles. The summed E-state index contributed by atoms with van der Waals surface area (Å²) in [5.41, 5.74) is 24.4. The number of hydrogen-bond acceptors (Lipinski definition) is 24. The largest absolute Gasteiger partial charge is 0.425 e. The number of aromatic nitrogens is 8. The molecule has 0 unspecified atom stereocenters. The van der Waals surface area contributed by atoms with Gasteiger partial charge in [-0.3, -0.25) is 9.52 Å². The third-order valence-electron chi connectivity index (χ3n) is 11.3. The number of rotatable bonds is 19. The van der Waals surface area contributed by atoms with Gasteiger partial charge in [-0.05, 0) is 25.7 Å². The SMILES string of the molecule is C.C=C(C)C(C)C.C=C(NS(C)(=O)=O)C(C)C.CC(C)C(=O)CO.CC(C)C1=NCC(=O)O1.CC(C)c1ncc(N)[nH]1.CC(C)c1ncc(N)o1.CC(C)c1ncc(N)s1.CC(C)c1ncc(NCCN)o1.CC(C)c1ncc(NCCO)o1.Cc1cnc(C(C)C)[nH]1. The van der Waals surface area contributed by atoms with Crippen LogP contribution in [0.15, 0.2) is 79.9 Å². The van der Waals surface area contributed by atoms with E-state index < -0.39 is 10.0 Å². The Balaban J connectivity index is -0.000000475. The molecule has 0 radical (unpaired) electrons. The van der Waals surface area contributed by atoms with Crippen LogP contribution in [0.25, 0.3) is 0 Å². The number of oxazole rings is 3. The van der Waals surface area contributed by atoms with E-state index in [2.05, 4.69) is 129 Å². The van der Waals surface area contributed by atoms with Crippen LogP contribution in [0, 0.1) is 30.6 Å². The molecule has 0 spiro atoms. The number of aliphatic imine (C=N–C) groups is 1. The molecule has 0 fully saturated rings. The number of aromatic amines is 2. The van der Waals surface area contributed by atoms with Gasteiger partial charge in [0.05, 0.1) is 48.9 Å². The number of carbonyl (C=O) groups is 2. The quantitative estimate of drug-likeness (QED) is 0.0265. The van der Waals surface area contributed by atoms with E-state index in [-0.39, 0.29) is 56.7 Å². The third kappa shape index (κ3) is 47.2. The zero-order valence-electron chi connectivity index (χ0n) is 59.3. The second-order valence-electron chi connectivity index (χ2n) is 23.9. The number of thiazole rings is 1. The van der Waals surface area contributed by atoms with Gasteiger partial charge in [-0.2, -0.15) is 0 Å². The Labute approximate surface area is 560 Å². The first-order valence-corrected chi connectivity index (χ1v) is 33.5. The lowest BCUT2D eigenvalue weighted by Gasteiger charge is -2.09. The lowest BCUT2D eigenvalue weighted by molar-refractivity contribution is -0.132. The van der Waals surface area contributed by atoms with Crippen molar-refractivity contribution in [1.29, 1.82) is 0 Å². The first-order valence-electron chi connectivity index (χ1n) is 30.8. The monoisotopic (exact) mass is 1350 g/mol. The van der Waals surface area contributed by atoms with Crippen molar-refractivity contribution >= 4 is 67.5 Å². The number of H-pyrrole nitrogens is 2. The van der Waals surface area contributed by atoms with Gasteiger partial charge in [-0.15, -0.1) is 11.3 Å². The van der Waals surface area contributed by atoms with Crippen molar-refractivity contribution in [2.24, 2.45) is 34.4 Å². The minimum atomic E-state index is -3.12. The molecule has 0 bridgehead atoms. The molecule has 532 valence electrons. The summed E-state index contributed by atoms with van der Waals surface area (Å²) >= 11 is 1.56. The number of carbonyl (C=O) groups excluding carboxylic acids is 2. The van der Waals surface area contributed by atoms with Crippen molar-refractivity contribution in [3.05, 3.63) is 102 Å². The smallest absolute Gasteiger partial charge is 0.334 e. The van der Waals surface area contributed by atoms with Crippen molar-refractivity contribution in [2.75, 3.05) is 73.5 Å². The van der Waals surface area contributed by atoms with E-state index in [1.807, 2.05) is 89.3 Å². The number of aryl methyl sites for hydroxylation is 1. The van der Waals surface area contributed by atoms with E-state index in [1.54, 1.807) is 50.0 Å². The van der Waals surface area contributed by atoms with Gasteiger partial charge in [-0.25, -0.2) is 48.1 Å². The number of nitrogens with two attached hydrogens (primary N) is 4. The molecule has 26 nitrogen and oxygen atoms in total. The second-order valence-corrected chi connectivity index (χ2v) is 26.8. The number of allylic oxidation sites excluding steroid dienone is 2. The van der Waals surface area contributed by atoms with Crippen LogP contribution in [0.4, 0.5) is 28.5 Å². The lowest BCUT2D eigenvalue weighted by Crippen LogP contribution is -2.23. The number of ether oxygens (including phenoxy) is 1. The number of nitrogen functional groups attached to an aromatic ring is 3. The molecule has 15 N–H and O–H groups in total. The molecule has 0 atom stereocenters. The van der Waals surface area contributed by atoms with Crippen LogP contribution < -0.4 is 38.3 Å². The number of Topliss-reactive ketones (excluding diaryl/α,β-unsaturated/α-hetero) is 1. The molecule has 0 aliphatic carbocycles. The first-order chi connectivity index (χ1) is 42.6. The number of hydrogen-bond donors (Lipinski definition) is 11. The fourth-order valence-electron chi connectivity index (χ4n) is 5.32. The van der Waals surface area contributed by atoms with Crippen molar-refractivity contribution in [3.8, 4) is 0 Å². The number of esters is 1. The highest BCUT2D eigenvalue weighted by atomic mass is 32.2. The molecule has 28 heteroatoms. The predicted molar refractivity (Wildman–Crippen MR) is 383 cm³/mol. The zero-order chi connectivity index (χ0) is 71.6. The Hall–Kier alpha value is -7.40. The summed E-state index contributed by atoms with van der Waals surface area (Å²) in [5, 5.41) is 24.5. The second kappa shape index (κ2) is 50.1. The van der Waals surface area contributed by atoms with Gasteiger partial charge < -0.3 is 71.7 Å². The fourth-order valence-corrected chi connectivity index (χ4v) is 6.72. The molecule has 6 aromatic rings. The molecule has 1 aliphatic heterocycles. The Morgan fingerprint density at radius 3 is 1.30 bits per heavy atom. The van der Waals surface area contributed by atoms with Crippen LogP contribution in [0.5, 0.6) is 0 Å².